The quantitative estimate of drug-likeness (QED) is 0.652. The summed E-state index contributed by atoms with van der Waals surface area (Å²) in [7, 11) is 1.53. The van der Waals surface area contributed by atoms with Crippen LogP contribution in [0.25, 0.3) is 11.0 Å². The van der Waals surface area contributed by atoms with E-state index < -0.39 is 17.3 Å². The van der Waals surface area contributed by atoms with Crippen molar-refractivity contribution in [3.8, 4) is 5.75 Å². The van der Waals surface area contributed by atoms with E-state index in [4.69, 9.17) is 20.8 Å². The molecule has 0 fully saturated rings. The van der Waals surface area contributed by atoms with Crippen LogP contribution in [0.4, 0.5) is 4.39 Å². The highest BCUT2D eigenvalue weighted by atomic mass is 35.5. The van der Waals surface area contributed by atoms with Gasteiger partial charge in [-0.15, -0.1) is 0 Å². The fourth-order valence-corrected chi connectivity index (χ4v) is 3.34. The SMILES string of the molecule is COc1cc(C)cc2oc(=O)c(CC(=O)NCc3c(F)cccc3Cl)c(C)c12. The number of carbonyl (C=O) groups excluding carboxylic acids is 1. The number of fused-ring (bicyclic) bond motifs is 1. The van der Waals surface area contributed by atoms with Crippen LogP contribution in [0.1, 0.15) is 22.3 Å². The lowest BCUT2D eigenvalue weighted by atomic mass is 10.0. The molecule has 0 spiro atoms. The molecule has 1 amide bonds. The Balaban J connectivity index is 1.89. The molecule has 0 aliphatic rings. The van der Waals surface area contributed by atoms with Crippen LogP contribution in [0.15, 0.2) is 39.5 Å². The maximum Gasteiger partial charge on any atom is 0.340 e. The van der Waals surface area contributed by atoms with Crippen LogP contribution >= 0.6 is 11.6 Å². The first-order valence-electron chi connectivity index (χ1n) is 8.62. The van der Waals surface area contributed by atoms with E-state index in [2.05, 4.69) is 5.32 Å². The van der Waals surface area contributed by atoms with Gasteiger partial charge in [0.05, 0.1) is 24.5 Å². The molecule has 1 heterocycles. The number of carbonyl (C=O) groups is 1. The van der Waals surface area contributed by atoms with Crippen molar-refractivity contribution in [2.75, 3.05) is 7.11 Å². The van der Waals surface area contributed by atoms with Gasteiger partial charge in [-0.3, -0.25) is 4.79 Å². The summed E-state index contributed by atoms with van der Waals surface area (Å²) in [6, 6.07) is 7.88. The number of rotatable bonds is 5. The number of hydrogen-bond acceptors (Lipinski definition) is 4. The third-order valence-electron chi connectivity index (χ3n) is 4.57. The molecule has 7 heteroatoms. The highest BCUT2D eigenvalue weighted by Crippen LogP contribution is 2.30. The van der Waals surface area contributed by atoms with Gasteiger partial charge in [0.1, 0.15) is 17.1 Å². The number of aryl methyl sites for hydroxylation is 2. The number of nitrogens with one attached hydrogen (secondary N) is 1. The zero-order valence-electron chi connectivity index (χ0n) is 15.7. The smallest absolute Gasteiger partial charge is 0.340 e. The first-order valence-corrected chi connectivity index (χ1v) is 9.00. The zero-order valence-corrected chi connectivity index (χ0v) is 16.4. The molecule has 0 bridgehead atoms. The number of benzene rings is 2. The minimum absolute atomic E-state index is 0.0786. The van der Waals surface area contributed by atoms with Crippen molar-refractivity contribution in [2.24, 2.45) is 0 Å². The molecular weight excluding hydrogens is 385 g/mol. The lowest BCUT2D eigenvalue weighted by molar-refractivity contribution is -0.120. The topological polar surface area (TPSA) is 68.5 Å². The standard InChI is InChI=1S/C21H19ClFNO4/c1-11-7-17(27-3)20-12(2)13(21(26)28-18(20)8-11)9-19(25)24-10-14-15(22)5-4-6-16(14)23/h4-8H,9-10H2,1-3H3,(H,24,25). The first kappa shape index (κ1) is 19.9. The Morgan fingerprint density at radius 1 is 1.25 bits per heavy atom. The van der Waals surface area contributed by atoms with E-state index in [1.807, 2.05) is 13.0 Å². The average molecular weight is 404 g/mol. The fourth-order valence-electron chi connectivity index (χ4n) is 3.11. The highest BCUT2D eigenvalue weighted by molar-refractivity contribution is 6.31. The summed E-state index contributed by atoms with van der Waals surface area (Å²) in [5, 5.41) is 3.46. The van der Waals surface area contributed by atoms with Gasteiger partial charge in [-0.1, -0.05) is 17.7 Å². The van der Waals surface area contributed by atoms with Crippen molar-refractivity contribution < 1.29 is 18.3 Å². The molecule has 146 valence electrons. The first-order chi connectivity index (χ1) is 13.3. The van der Waals surface area contributed by atoms with E-state index >= 15 is 0 Å². The number of halogens is 2. The molecular formula is C21H19ClFNO4. The van der Waals surface area contributed by atoms with Gasteiger partial charge in [0, 0.05) is 17.1 Å². The monoisotopic (exact) mass is 403 g/mol. The predicted octanol–water partition coefficient (Wildman–Crippen LogP) is 4.07. The summed E-state index contributed by atoms with van der Waals surface area (Å²) in [6.07, 6.45) is -0.201. The van der Waals surface area contributed by atoms with Crippen LogP contribution < -0.4 is 15.7 Å². The normalized spacial score (nSPS) is 10.9. The zero-order chi connectivity index (χ0) is 20.4. The van der Waals surface area contributed by atoms with Gasteiger partial charge in [0.2, 0.25) is 5.91 Å². The number of amides is 1. The molecule has 0 saturated heterocycles. The highest BCUT2D eigenvalue weighted by Gasteiger charge is 2.18. The van der Waals surface area contributed by atoms with Gasteiger partial charge in [0.15, 0.2) is 0 Å². The summed E-state index contributed by atoms with van der Waals surface area (Å²) in [4.78, 5) is 24.8. The summed E-state index contributed by atoms with van der Waals surface area (Å²) in [5.74, 6) is -0.384. The summed E-state index contributed by atoms with van der Waals surface area (Å²) >= 11 is 5.96. The molecule has 2 aromatic carbocycles. The molecule has 0 atom stereocenters. The Bertz CT molecular complexity index is 1100. The Morgan fingerprint density at radius 2 is 2.00 bits per heavy atom. The van der Waals surface area contributed by atoms with Crippen LogP contribution in [0, 0.1) is 19.7 Å². The molecule has 1 N–H and O–H groups in total. The van der Waals surface area contributed by atoms with Gasteiger partial charge >= 0.3 is 5.63 Å². The molecule has 28 heavy (non-hydrogen) atoms. The molecule has 0 aliphatic heterocycles. The van der Waals surface area contributed by atoms with Crippen LogP contribution in [0.2, 0.25) is 5.02 Å². The molecule has 0 aliphatic carbocycles. The predicted molar refractivity (Wildman–Crippen MR) is 105 cm³/mol. The number of ether oxygens (including phenoxy) is 1. The minimum Gasteiger partial charge on any atom is -0.496 e. The minimum atomic E-state index is -0.586. The summed E-state index contributed by atoms with van der Waals surface area (Å²) in [5.41, 5.74) is 1.74. The maximum absolute atomic E-state index is 13.8. The van der Waals surface area contributed by atoms with Crippen molar-refractivity contribution in [1.29, 1.82) is 0 Å². The van der Waals surface area contributed by atoms with Crippen molar-refractivity contribution in [1.82, 2.24) is 5.32 Å². The van der Waals surface area contributed by atoms with Gasteiger partial charge in [-0.05, 0) is 49.2 Å². The van der Waals surface area contributed by atoms with Gasteiger partial charge in [-0.25, -0.2) is 9.18 Å². The third-order valence-corrected chi connectivity index (χ3v) is 4.92. The second kappa shape index (κ2) is 8.02. The van der Waals surface area contributed by atoms with Gasteiger partial charge in [-0.2, -0.15) is 0 Å². The second-order valence-electron chi connectivity index (χ2n) is 6.49. The third kappa shape index (κ3) is 3.87. The average Bonchev–Trinajstić information content (AvgIpc) is 2.63. The molecule has 0 radical (unpaired) electrons. The Kier molecular flexibility index (Phi) is 5.70. The Morgan fingerprint density at radius 3 is 2.68 bits per heavy atom. The largest absolute Gasteiger partial charge is 0.496 e. The molecule has 3 rings (SSSR count). The molecule has 0 unspecified atom stereocenters. The van der Waals surface area contributed by atoms with Crippen molar-refractivity contribution in [3.05, 3.63) is 73.8 Å². The van der Waals surface area contributed by atoms with Crippen LogP contribution in [0.5, 0.6) is 5.75 Å². The van der Waals surface area contributed by atoms with Crippen LogP contribution in [-0.2, 0) is 17.8 Å². The van der Waals surface area contributed by atoms with Crippen LogP contribution in [0.3, 0.4) is 0 Å². The maximum atomic E-state index is 13.8. The lowest BCUT2D eigenvalue weighted by Crippen LogP contribution is -2.28. The van der Waals surface area contributed by atoms with Gasteiger partial charge in [0.25, 0.3) is 0 Å². The van der Waals surface area contributed by atoms with E-state index in [1.165, 1.54) is 19.2 Å². The van der Waals surface area contributed by atoms with E-state index in [-0.39, 0.29) is 29.1 Å². The summed E-state index contributed by atoms with van der Waals surface area (Å²) in [6.45, 7) is 3.53. The van der Waals surface area contributed by atoms with E-state index in [0.717, 1.165) is 5.56 Å². The summed E-state index contributed by atoms with van der Waals surface area (Å²) < 4.78 is 24.6. The van der Waals surface area contributed by atoms with E-state index in [0.29, 0.717) is 22.3 Å². The Labute approximate surface area is 166 Å². The molecule has 5 nitrogen and oxygen atoms in total. The van der Waals surface area contributed by atoms with Crippen molar-refractivity contribution in [2.45, 2.75) is 26.8 Å². The Hall–Kier alpha value is -2.86. The number of methoxy groups -OCH3 is 1. The molecule has 0 saturated carbocycles. The fraction of sp³-hybridized carbons (Fsp3) is 0.238. The molecule has 1 aromatic heterocycles. The van der Waals surface area contributed by atoms with E-state index in [1.54, 1.807) is 19.1 Å². The van der Waals surface area contributed by atoms with Crippen molar-refractivity contribution >= 4 is 28.5 Å². The van der Waals surface area contributed by atoms with Crippen LogP contribution in [-0.4, -0.2) is 13.0 Å². The number of hydrogen-bond donors (Lipinski definition) is 1. The second-order valence-corrected chi connectivity index (χ2v) is 6.89. The van der Waals surface area contributed by atoms with Gasteiger partial charge < -0.3 is 14.5 Å². The van der Waals surface area contributed by atoms with Crippen molar-refractivity contribution in [3.63, 3.8) is 0 Å². The molecule has 3 aromatic rings. The van der Waals surface area contributed by atoms with E-state index in [9.17, 15) is 14.0 Å². The lowest BCUT2D eigenvalue weighted by Gasteiger charge is -2.12.